The summed E-state index contributed by atoms with van der Waals surface area (Å²) in [6.45, 7) is 5.28. The quantitative estimate of drug-likeness (QED) is 0.754. The number of thiazole rings is 1. The first kappa shape index (κ1) is 15.6. The second-order valence-electron chi connectivity index (χ2n) is 5.74. The van der Waals surface area contributed by atoms with Gasteiger partial charge in [0.25, 0.3) is 5.91 Å². The Labute approximate surface area is 138 Å². The third-order valence-corrected chi connectivity index (χ3v) is 4.04. The molecule has 0 radical (unpaired) electrons. The number of nitrogens with one attached hydrogen (secondary N) is 1. The Balaban J connectivity index is 1.56. The Bertz CT molecular complexity index is 761. The molecule has 1 N–H and O–H groups in total. The summed E-state index contributed by atoms with van der Waals surface area (Å²) < 4.78 is 7.56. The Hall–Kier alpha value is -2.34. The van der Waals surface area contributed by atoms with E-state index in [2.05, 4.69) is 24.1 Å². The van der Waals surface area contributed by atoms with E-state index in [0.29, 0.717) is 24.6 Å². The van der Waals surface area contributed by atoms with Crippen molar-refractivity contribution in [3.05, 3.63) is 53.3 Å². The summed E-state index contributed by atoms with van der Waals surface area (Å²) in [5, 5.41) is 4.86. The van der Waals surface area contributed by atoms with Crippen molar-refractivity contribution >= 4 is 22.2 Å². The van der Waals surface area contributed by atoms with Crippen LogP contribution in [0.5, 0.6) is 5.75 Å². The number of fused-ring (bicyclic) bond motifs is 1. The highest BCUT2D eigenvalue weighted by atomic mass is 32.1. The number of aromatic nitrogens is 2. The molecular formula is C17H19N3O2S. The molecule has 0 atom stereocenters. The lowest BCUT2D eigenvalue weighted by molar-refractivity contribution is 0.0950. The molecule has 3 aromatic rings. The maximum Gasteiger partial charge on any atom is 0.251 e. The number of benzene rings is 1. The van der Waals surface area contributed by atoms with E-state index < -0.39 is 0 Å². The van der Waals surface area contributed by atoms with Gasteiger partial charge in [-0.25, -0.2) is 4.98 Å². The first-order valence-corrected chi connectivity index (χ1v) is 8.42. The molecule has 2 heterocycles. The molecule has 0 aliphatic heterocycles. The van der Waals surface area contributed by atoms with Crippen LogP contribution in [0.4, 0.5) is 0 Å². The smallest absolute Gasteiger partial charge is 0.251 e. The van der Waals surface area contributed by atoms with E-state index in [1.165, 1.54) is 0 Å². The average Bonchev–Trinajstić information content (AvgIpc) is 3.12. The summed E-state index contributed by atoms with van der Waals surface area (Å²) in [6.07, 6.45) is 3.88. The molecule has 0 spiro atoms. The van der Waals surface area contributed by atoms with Crippen LogP contribution in [-0.4, -0.2) is 21.9 Å². The van der Waals surface area contributed by atoms with E-state index in [-0.39, 0.29) is 5.91 Å². The van der Waals surface area contributed by atoms with Crippen LogP contribution in [0.25, 0.3) is 4.96 Å². The summed E-state index contributed by atoms with van der Waals surface area (Å²) in [7, 11) is 0. The SMILES string of the molecule is CC(C)COc1ccc(C(=O)NCc2cn3ccsc3n2)cc1. The minimum absolute atomic E-state index is 0.114. The van der Waals surface area contributed by atoms with Crippen molar-refractivity contribution in [2.75, 3.05) is 6.61 Å². The molecule has 1 amide bonds. The van der Waals surface area contributed by atoms with Gasteiger partial charge in [0, 0.05) is 23.3 Å². The van der Waals surface area contributed by atoms with Crippen LogP contribution in [0, 0.1) is 5.92 Å². The maximum absolute atomic E-state index is 12.2. The first-order chi connectivity index (χ1) is 11.1. The third-order valence-electron chi connectivity index (χ3n) is 3.27. The second-order valence-corrected chi connectivity index (χ2v) is 6.61. The summed E-state index contributed by atoms with van der Waals surface area (Å²) in [6, 6.07) is 7.20. The van der Waals surface area contributed by atoms with Gasteiger partial charge in [-0.1, -0.05) is 13.8 Å². The van der Waals surface area contributed by atoms with E-state index in [0.717, 1.165) is 16.4 Å². The van der Waals surface area contributed by atoms with Crippen LogP contribution < -0.4 is 10.1 Å². The minimum atomic E-state index is -0.114. The number of imidazole rings is 1. The van der Waals surface area contributed by atoms with Gasteiger partial charge < -0.3 is 10.1 Å². The Kier molecular flexibility index (Phi) is 4.62. The molecule has 0 aliphatic rings. The number of ether oxygens (including phenoxy) is 1. The Morgan fingerprint density at radius 1 is 1.35 bits per heavy atom. The molecule has 0 unspecified atom stereocenters. The first-order valence-electron chi connectivity index (χ1n) is 7.54. The predicted molar refractivity (Wildman–Crippen MR) is 91.0 cm³/mol. The summed E-state index contributed by atoms with van der Waals surface area (Å²) >= 11 is 1.57. The molecule has 3 rings (SSSR count). The van der Waals surface area contributed by atoms with E-state index >= 15 is 0 Å². The number of hydrogen-bond donors (Lipinski definition) is 1. The number of carbonyl (C=O) groups is 1. The number of amides is 1. The van der Waals surface area contributed by atoms with Crippen molar-refractivity contribution in [1.82, 2.24) is 14.7 Å². The monoisotopic (exact) mass is 329 g/mol. The van der Waals surface area contributed by atoms with Crippen molar-refractivity contribution in [2.24, 2.45) is 5.92 Å². The molecule has 2 aromatic heterocycles. The molecule has 1 aromatic carbocycles. The molecule has 0 aliphatic carbocycles. The van der Waals surface area contributed by atoms with Crippen LogP contribution in [0.1, 0.15) is 29.9 Å². The van der Waals surface area contributed by atoms with Gasteiger partial charge in [0.1, 0.15) is 5.75 Å². The van der Waals surface area contributed by atoms with Gasteiger partial charge in [0.05, 0.1) is 18.8 Å². The van der Waals surface area contributed by atoms with Crippen molar-refractivity contribution < 1.29 is 9.53 Å². The van der Waals surface area contributed by atoms with Gasteiger partial charge in [-0.05, 0) is 30.2 Å². The fourth-order valence-electron chi connectivity index (χ4n) is 2.10. The largest absolute Gasteiger partial charge is 0.493 e. The minimum Gasteiger partial charge on any atom is -0.493 e. The zero-order valence-electron chi connectivity index (χ0n) is 13.2. The van der Waals surface area contributed by atoms with E-state index in [1.807, 2.05) is 34.3 Å². The molecule has 0 bridgehead atoms. The van der Waals surface area contributed by atoms with Crippen LogP contribution >= 0.6 is 11.3 Å². The zero-order valence-corrected chi connectivity index (χ0v) is 14.0. The van der Waals surface area contributed by atoms with Gasteiger partial charge in [0.15, 0.2) is 4.96 Å². The summed E-state index contributed by atoms with van der Waals surface area (Å²) in [5.41, 5.74) is 1.46. The normalized spacial score (nSPS) is 11.1. The standard InChI is InChI=1S/C17H19N3O2S/c1-12(2)11-22-15-5-3-13(4-6-15)16(21)18-9-14-10-20-7-8-23-17(20)19-14/h3-8,10,12H,9,11H2,1-2H3,(H,18,21). The van der Waals surface area contributed by atoms with Gasteiger partial charge in [0.2, 0.25) is 0 Å². The van der Waals surface area contributed by atoms with E-state index in [9.17, 15) is 4.79 Å². The lowest BCUT2D eigenvalue weighted by Crippen LogP contribution is -2.22. The Morgan fingerprint density at radius 3 is 2.83 bits per heavy atom. The lowest BCUT2D eigenvalue weighted by atomic mass is 10.2. The average molecular weight is 329 g/mol. The Morgan fingerprint density at radius 2 is 2.13 bits per heavy atom. The molecule has 6 heteroatoms. The van der Waals surface area contributed by atoms with Gasteiger partial charge >= 0.3 is 0 Å². The van der Waals surface area contributed by atoms with Crippen LogP contribution in [0.2, 0.25) is 0 Å². The molecule has 0 saturated carbocycles. The van der Waals surface area contributed by atoms with Gasteiger partial charge in [-0.15, -0.1) is 11.3 Å². The van der Waals surface area contributed by atoms with Crippen molar-refractivity contribution in [1.29, 1.82) is 0 Å². The second kappa shape index (κ2) is 6.83. The summed E-state index contributed by atoms with van der Waals surface area (Å²) in [4.78, 5) is 17.5. The number of nitrogens with zero attached hydrogens (tertiary/aromatic N) is 2. The van der Waals surface area contributed by atoms with Crippen molar-refractivity contribution in [3.63, 3.8) is 0 Å². The highest BCUT2D eigenvalue weighted by Crippen LogP contribution is 2.14. The van der Waals surface area contributed by atoms with Gasteiger partial charge in [-0.2, -0.15) is 0 Å². The predicted octanol–water partition coefficient (Wildman–Crippen LogP) is 3.36. The highest BCUT2D eigenvalue weighted by molar-refractivity contribution is 7.15. The molecule has 5 nitrogen and oxygen atoms in total. The lowest BCUT2D eigenvalue weighted by Gasteiger charge is -2.09. The maximum atomic E-state index is 12.2. The fraction of sp³-hybridized carbons (Fsp3) is 0.294. The van der Waals surface area contributed by atoms with Crippen molar-refractivity contribution in [2.45, 2.75) is 20.4 Å². The topological polar surface area (TPSA) is 55.6 Å². The molecular weight excluding hydrogens is 310 g/mol. The van der Waals surface area contributed by atoms with Gasteiger partial charge in [-0.3, -0.25) is 9.20 Å². The fourth-order valence-corrected chi connectivity index (χ4v) is 2.82. The van der Waals surface area contributed by atoms with E-state index in [4.69, 9.17) is 4.74 Å². The highest BCUT2D eigenvalue weighted by Gasteiger charge is 2.08. The molecule has 0 fully saturated rings. The summed E-state index contributed by atoms with van der Waals surface area (Å²) in [5.74, 6) is 1.14. The van der Waals surface area contributed by atoms with E-state index in [1.54, 1.807) is 23.5 Å². The number of rotatable bonds is 6. The molecule has 23 heavy (non-hydrogen) atoms. The van der Waals surface area contributed by atoms with Crippen LogP contribution in [-0.2, 0) is 6.54 Å². The van der Waals surface area contributed by atoms with Crippen LogP contribution in [0.3, 0.4) is 0 Å². The molecule has 120 valence electrons. The van der Waals surface area contributed by atoms with Crippen molar-refractivity contribution in [3.8, 4) is 5.75 Å². The third kappa shape index (κ3) is 3.90. The number of hydrogen-bond acceptors (Lipinski definition) is 4. The zero-order chi connectivity index (χ0) is 16.2. The van der Waals surface area contributed by atoms with Crippen LogP contribution in [0.15, 0.2) is 42.0 Å². The molecule has 0 saturated heterocycles. The number of carbonyl (C=O) groups excluding carboxylic acids is 1.